The number of carbonyl (C=O) groups is 2. The van der Waals surface area contributed by atoms with Gasteiger partial charge in [-0.05, 0) is 63.2 Å². The van der Waals surface area contributed by atoms with Crippen molar-refractivity contribution in [2.45, 2.75) is 43.8 Å². The number of hydrogen-bond donors (Lipinski definition) is 2. The van der Waals surface area contributed by atoms with Crippen molar-refractivity contribution in [2.24, 2.45) is 0 Å². The second-order valence-corrected chi connectivity index (χ2v) is 10.00. The molecule has 1 aliphatic rings. The fourth-order valence-corrected chi connectivity index (χ4v) is 4.57. The number of nitrogens with zero attached hydrogens (tertiary/aromatic N) is 1. The molecular formula is C21H23FN2O7S. The van der Waals surface area contributed by atoms with E-state index in [1.807, 2.05) is 0 Å². The molecule has 3 rings (SSSR count). The van der Waals surface area contributed by atoms with E-state index >= 15 is 0 Å². The molecular weight excluding hydrogens is 443 g/mol. The maximum absolute atomic E-state index is 13.3. The maximum Gasteiger partial charge on any atom is 0.412 e. The molecule has 0 aromatic heterocycles. The van der Waals surface area contributed by atoms with E-state index in [9.17, 15) is 22.4 Å². The number of halogens is 1. The highest BCUT2D eigenvalue weighted by Gasteiger charge is 2.36. The van der Waals surface area contributed by atoms with Crippen molar-refractivity contribution in [3.05, 3.63) is 48.3 Å². The first-order chi connectivity index (χ1) is 14.8. The van der Waals surface area contributed by atoms with Crippen LogP contribution in [-0.2, 0) is 19.6 Å². The van der Waals surface area contributed by atoms with Gasteiger partial charge >= 0.3 is 12.1 Å². The first-order valence-electron chi connectivity index (χ1n) is 9.66. The molecule has 0 radical (unpaired) electrons. The summed E-state index contributed by atoms with van der Waals surface area (Å²) in [5.74, 6) is -1.62. The third-order valence-corrected chi connectivity index (χ3v) is 6.13. The normalized spacial score (nSPS) is 16.0. The van der Waals surface area contributed by atoms with Crippen molar-refractivity contribution in [1.29, 1.82) is 0 Å². The number of nitrogens with one attached hydrogen (secondary N) is 1. The number of amides is 1. The molecule has 2 aromatic carbocycles. The van der Waals surface area contributed by atoms with Crippen molar-refractivity contribution in [2.75, 3.05) is 16.2 Å². The topological polar surface area (TPSA) is 122 Å². The van der Waals surface area contributed by atoms with Crippen molar-refractivity contribution in [3.8, 4) is 5.75 Å². The first kappa shape index (κ1) is 23.3. The molecule has 2 aromatic rings. The zero-order valence-electron chi connectivity index (χ0n) is 17.7. The Bertz CT molecular complexity index is 1130. The summed E-state index contributed by atoms with van der Waals surface area (Å²) in [5, 5.41) is 11.7. The van der Waals surface area contributed by atoms with Gasteiger partial charge in [-0.3, -0.25) is 14.4 Å². The summed E-state index contributed by atoms with van der Waals surface area (Å²) in [4.78, 5) is 23.1. The molecule has 1 aliphatic heterocycles. The van der Waals surface area contributed by atoms with Gasteiger partial charge in [0.1, 0.15) is 23.3 Å². The van der Waals surface area contributed by atoms with Crippen LogP contribution < -0.4 is 14.4 Å². The number of carboxylic acids is 1. The summed E-state index contributed by atoms with van der Waals surface area (Å²) < 4.78 is 51.8. The van der Waals surface area contributed by atoms with Gasteiger partial charge in [0.05, 0.1) is 23.5 Å². The van der Waals surface area contributed by atoms with E-state index in [0.717, 1.165) is 28.6 Å². The number of carboxylic acid groups (broad SMARTS) is 1. The second kappa shape index (κ2) is 8.65. The predicted octanol–water partition coefficient (Wildman–Crippen LogP) is 3.60. The molecule has 11 heteroatoms. The number of sulfonamides is 1. The largest absolute Gasteiger partial charge is 0.486 e. The molecule has 172 valence electrons. The van der Waals surface area contributed by atoms with Crippen LogP contribution in [0.25, 0.3) is 0 Å². The summed E-state index contributed by atoms with van der Waals surface area (Å²) >= 11 is 0. The molecule has 0 saturated carbocycles. The number of benzene rings is 2. The standard InChI is InChI=1S/C21H23FN2O7S/c1-21(2,3)31-20(27)23-14-6-9-18-17(10-14)24(12-15(30-18)11-19(25)26)32(28,29)16-7-4-13(22)5-8-16/h4-10,15H,11-12H2,1-3H3,(H,23,27)(H,25,26). The van der Waals surface area contributed by atoms with Crippen molar-refractivity contribution < 1.29 is 37.0 Å². The van der Waals surface area contributed by atoms with E-state index in [-0.39, 0.29) is 28.6 Å². The fourth-order valence-electron chi connectivity index (χ4n) is 3.07. The van der Waals surface area contributed by atoms with E-state index in [2.05, 4.69) is 5.32 Å². The summed E-state index contributed by atoms with van der Waals surface area (Å²) in [6, 6.07) is 8.58. The van der Waals surface area contributed by atoms with Crippen LogP contribution in [-0.4, -0.2) is 43.8 Å². The number of anilines is 2. The van der Waals surface area contributed by atoms with Gasteiger partial charge < -0.3 is 14.6 Å². The van der Waals surface area contributed by atoms with Crippen LogP contribution in [0.5, 0.6) is 5.75 Å². The Morgan fingerprint density at radius 2 is 1.88 bits per heavy atom. The van der Waals surface area contributed by atoms with Crippen molar-refractivity contribution in [1.82, 2.24) is 0 Å². The number of fused-ring (bicyclic) bond motifs is 1. The molecule has 0 aliphatic carbocycles. The second-order valence-electron chi connectivity index (χ2n) is 8.14. The average Bonchev–Trinajstić information content (AvgIpc) is 2.66. The van der Waals surface area contributed by atoms with E-state index in [0.29, 0.717) is 0 Å². The Balaban J connectivity index is 2.00. The highest BCUT2D eigenvalue weighted by molar-refractivity contribution is 7.92. The van der Waals surface area contributed by atoms with E-state index in [1.54, 1.807) is 20.8 Å². The number of hydrogen-bond acceptors (Lipinski definition) is 6. The molecule has 1 unspecified atom stereocenters. The molecule has 0 saturated heterocycles. The Hall–Kier alpha value is -3.34. The Morgan fingerprint density at radius 3 is 2.47 bits per heavy atom. The quantitative estimate of drug-likeness (QED) is 0.690. The lowest BCUT2D eigenvalue weighted by atomic mass is 10.1. The first-order valence-corrected chi connectivity index (χ1v) is 11.1. The lowest BCUT2D eigenvalue weighted by Crippen LogP contribution is -2.44. The fraction of sp³-hybridized carbons (Fsp3) is 0.333. The third-order valence-electron chi connectivity index (χ3n) is 4.34. The molecule has 2 N–H and O–H groups in total. The molecule has 9 nitrogen and oxygen atoms in total. The SMILES string of the molecule is CC(C)(C)OC(=O)Nc1ccc2c(c1)N(S(=O)(=O)c1ccc(F)cc1)CC(CC(=O)O)O2. The maximum atomic E-state index is 13.3. The van der Waals surface area contributed by atoms with Gasteiger partial charge in [0.25, 0.3) is 10.0 Å². The summed E-state index contributed by atoms with van der Waals surface area (Å²) in [6.45, 7) is 4.82. The van der Waals surface area contributed by atoms with Crippen LogP contribution in [0.3, 0.4) is 0 Å². The molecule has 1 atom stereocenters. The van der Waals surface area contributed by atoms with Crippen molar-refractivity contribution >= 4 is 33.5 Å². The molecule has 0 bridgehead atoms. The summed E-state index contributed by atoms with van der Waals surface area (Å²) in [7, 11) is -4.19. The number of rotatable bonds is 5. The van der Waals surface area contributed by atoms with Gasteiger partial charge in [-0.15, -0.1) is 0 Å². The Morgan fingerprint density at radius 1 is 1.22 bits per heavy atom. The van der Waals surface area contributed by atoms with Gasteiger partial charge in [0, 0.05) is 5.69 Å². The van der Waals surface area contributed by atoms with Crippen LogP contribution in [0.2, 0.25) is 0 Å². The smallest absolute Gasteiger partial charge is 0.412 e. The summed E-state index contributed by atoms with van der Waals surface area (Å²) in [6.07, 6.45) is -2.10. The minimum absolute atomic E-state index is 0.101. The van der Waals surface area contributed by atoms with Gasteiger partial charge in [-0.1, -0.05) is 0 Å². The Labute approximate surface area is 184 Å². The number of carbonyl (C=O) groups excluding carboxylic acids is 1. The lowest BCUT2D eigenvalue weighted by Gasteiger charge is -2.35. The zero-order valence-corrected chi connectivity index (χ0v) is 18.5. The Kier molecular flexibility index (Phi) is 6.31. The molecule has 0 fully saturated rings. The van der Waals surface area contributed by atoms with Crippen LogP contribution >= 0.6 is 0 Å². The molecule has 1 amide bonds. The predicted molar refractivity (Wildman–Crippen MR) is 114 cm³/mol. The van der Waals surface area contributed by atoms with Gasteiger partial charge in [0.2, 0.25) is 0 Å². The average molecular weight is 466 g/mol. The van der Waals surface area contributed by atoms with E-state index in [1.165, 1.54) is 18.2 Å². The molecule has 0 spiro atoms. The van der Waals surface area contributed by atoms with E-state index in [4.69, 9.17) is 14.6 Å². The lowest BCUT2D eigenvalue weighted by molar-refractivity contribution is -0.138. The van der Waals surface area contributed by atoms with Crippen LogP contribution in [0, 0.1) is 5.82 Å². The van der Waals surface area contributed by atoms with Crippen molar-refractivity contribution in [3.63, 3.8) is 0 Å². The monoisotopic (exact) mass is 466 g/mol. The van der Waals surface area contributed by atoms with Gasteiger partial charge in [-0.25, -0.2) is 17.6 Å². The third kappa shape index (κ3) is 5.47. The highest BCUT2D eigenvalue weighted by Crippen LogP contribution is 2.39. The minimum atomic E-state index is -4.19. The zero-order chi connectivity index (χ0) is 23.7. The van der Waals surface area contributed by atoms with Gasteiger partial charge in [-0.2, -0.15) is 0 Å². The van der Waals surface area contributed by atoms with E-state index < -0.39 is 46.0 Å². The minimum Gasteiger partial charge on any atom is -0.486 e. The number of ether oxygens (including phenoxy) is 2. The highest BCUT2D eigenvalue weighted by atomic mass is 32.2. The van der Waals surface area contributed by atoms with Crippen LogP contribution in [0.4, 0.5) is 20.6 Å². The molecule has 1 heterocycles. The summed E-state index contributed by atoms with van der Waals surface area (Å²) in [5.41, 5.74) is -0.384. The molecule has 32 heavy (non-hydrogen) atoms. The van der Waals surface area contributed by atoms with Crippen LogP contribution in [0.1, 0.15) is 27.2 Å². The number of aliphatic carboxylic acids is 1. The van der Waals surface area contributed by atoms with Crippen LogP contribution in [0.15, 0.2) is 47.4 Å². The van der Waals surface area contributed by atoms with Gasteiger partial charge in [0.15, 0.2) is 0 Å².